The van der Waals surface area contributed by atoms with Crippen molar-refractivity contribution in [1.82, 2.24) is 10.2 Å². The standard InChI is InChI=1S/C18H36N2O/c1-5-15-6-10-17(11-7-15)20(4)12-18(13-21,16-8-9-16)19-14(2)3/h14-17,19,21H,5-13H2,1-4H3. The van der Waals surface area contributed by atoms with E-state index in [9.17, 15) is 5.11 Å². The minimum Gasteiger partial charge on any atom is -0.394 e. The lowest BCUT2D eigenvalue weighted by atomic mass is 9.83. The molecular weight excluding hydrogens is 260 g/mol. The van der Waals surface area contributed by atoms with Gasteiger partial charge in [0.05, 0.1) is 12.1 Å². The van der Waals surface area contributed by atoms with Gasteiger partial charge in [-0.1, -0.05) is 27.2 Å². The molecule has 1 atom stereocenters. The van der Waals surface area contributed by atoms with E-state index in [0.29, 0.717) is 18.0 Å². The van der Waals surface area contributed by atoms with E-state index >= 15 is 0 Å². The Labute approximate surface area is 131 Å². The van der Waals surface area contributed by atoms with E-state index in [-0.39, 0.29) is 12.1 Å². The quantitative estimate of drug-likeness (QED) is 0.723. The number of aliphatic hydroxyl groups is 1. The zero-order valence-electron chi connectivity index (χ0n) is 14.6. The van der Waals surface area contributed by atoms with Crippen LogP contribution >= 0.6 is 0 Å². The summed E-state index contributed by atoms with van der Waals surface area (Å²) in [5.41, 5.74) is -0.0788. The van der Waals surface area contributed by atoms with Gasteiger partial charge in [-0.2, -0.15) is 0 Å². The fourth-order valence-corrected chi connectivity index (χ4v) is 4.30. The third-order valence-corrected chi connectivity index (χ3v) is 5.77. The van der Waals surface area contributed by atoms with Crippen LogP contribution in [0, 0.1) is 11.8 Å². The van der Waals surface area contributed by atoms with Crippen molar-refractivity contribution in [2.75, 3.05) is 20.2 Å². The normalized spacial score (nSPS) is 29.9. The Morgan fingerprint density at radius 1 is 1.14 bits per heavy atom. The van der Waals surface area contributed by atoms with Gasteiger partial charge in [0.1, 0.15) is 0 Å². The maximum atomic E-state index is 10.1. The minimum atomic E-state index is -0.0788. The SMILES string of the molecule is CCC1CCC(N(C)CC(CO)(NC(C)C)C2CC2)CC1. The number of nitrogens with zero attached hydrogens (tertiary/aromatic N) is 1. The van der Waals surface area contributed by atoms with E-state index in [4.69, 9.17) is 0 Å². The Hall–Kier alpha value is -0.120. The second-order valence-electron chi connectivity index (χ2n) is 7.89. The predicted molar refractivity (Wildman–Crippen MR) is 89.5 cm³/mol. The molecule has 3 nitrogen and oxygen atoms in total. The van der Waals surface area contributed by atoms with E-state index < -0.39 is 0 Å². The summed E-state index contributed by atoms with van der Waals surface area (Å²) in [6.45, 7) is 7.97. The fraction of sp³-hybridized carbons (Fsp3) is 1.00. The number of hydrogen-bond acceptors (Lipinski definition) is 3. The average molecular weight is 296 g/mol. The fourth-order valence-electron chi connectivity index (χ4n) is 4.30. The second kappa shape index (κ2) is 7.43. The Kier molecular flexibility index (Phi) is 6.10. The number of nitrogens with one attached hydrogen (secondary N) is 1. The van der Waals surface area contributed by atoms with Crippen LogP contribution in [0.1, 0.15) is 65.7 Å². The van der Waals surface area contributed by atoms with E-state index in [1.54, 1.807) is 0 Å². The van der Waals surface area contributed by atoms with Crippen LogP contribution in [-0.2, 0) is 0 Å². The molecule has 0 aromatic carbocycles. The zero-order chi connectivity index (χ0) is 15.5. The molecule has 2 aliphatic rings. The number of aliphatic hydroxyl groups excluding tert-OH is 1. The highest BCUT2D eigenvalue weighted by Gasteiger charge is 2.46. The van der Waals surface area contributed by atoms with Gasteiger partial charge in [-0.15, -0.1) is 0 Å². The molecule has 2 N–H and O–H groups in total. The highest BCUT2D eigenvalue weighted by atomic mass is 16.3. The number of likely N-dealkylation sites (N-methyl/N-ethyl adjacent to an activating group) is 1. The van der Waals surface area contributed by atoms with Gasteiger partial charge < -0.3 is 15.3 Å². The van der Waals surface area contributed by atoms with Gasteiger partial charge in [0.2, 0.25) is 0 Å². The first-order valence-electron chi connectivity index (χ1n) is 9.09. The van der Waals surface area contributed by atoms with Crippen molar-refractivity contribution < 1.29 is 5.11 Å². The first kappa shape index (κ1) is 17.2. The summed E-state index contributed by atoms with van der Waals surface area (Å²) in [7, 11) is 2.27. The topological polar surface area (TPSA) is 35.5 Å². The molecule has 0 spiro atoms. The molecule has 124 valence electrons. The van der Waals surface area contributed by atoms with E-state index in [2.05, 4.69) is 38.0 Å². The van der Waals surface area contributed by atoms with Crippen LogP contribution in [-0.4, -0.2) is 47.8 Å². The molecule has 0 bridgehead atoms. The third-order valence-electron chi connectivity index (χ3n) is 5.77. The first-order chi connectivity index (χ1) is 10.0. The predicted octanol–water partition coefficient (Wildman–Crippen LogP) is 3.03. The molecule has 21 heavy (non-hydrogen) atoms. The van der Waals surface area contributed by atoms with Crippen LogP contribution in [0.4, 0.5) is 0 Å². The molecular formula is C18H36N2O. The Bertz CT molecular complexity index is 308. The van der Waals surface area contributed by atoms with E-state index in [0.717, 1.165) is 12.5 Å². The summed E-state index contributed by atoms with van der Waals surface area (Å²) in [5.74, 6) is 1.62. The third kappa shape index (κ3) is 4.43. The Morgan fingerprint density at radius 3 is 2.19 bits per heavy atom. The van der Waals surface area contributed by atoms with Crippen molar-refractivity contribution >= 4 is 0 Å². The number of rotatable bonds is 8. The Balaban J connectivity index is 1.93. The minimum absolute atomic E-state index is 0.0788. The molecule has 3 heteroatoms. The van der Waals surface area contributed by atoms with Crippen LogP contribution in [0.3, 0.4) is 0 Å². The summed E-state index contributed by atoms with van der Waals surface area (Å²) in [4.78, 5) is 2.54. The maximum Gasteiger partial charge on any atom is 0.0628 e. The van der Waals surface area contributed by atoms with Gasteiger partial charge >= 0.3 is 0 Å². The lowest BCUT2D eigenvalue weighted by Crippen LogP contribution is -2.60. The number of hydrogen-bond donors (Lipinski definition) is 2. The molecule has 0 aromatic rings. The van der Waals surface area contributed by atoms with Gasteiger partial charge in [0.25, 0.3) is 0 Å². The molecule has 0 saturated heterocycles. The summed E-state index contributed by atoms with van der Waals surface area (Å²) >= 11 is 0. The molecule has 0 heterocycles. The smallest absolute Gasteiger partial charge is 0.0628 e. The van der Waals surface area contributed by atoms with Crippen LogP contribution in [0.25, 0.3) is 0 Å². The Morgan fingerprint density at radius 2 is 1.76 bits per heavy atom. The molecule has 0 radical (unpaired) electrons. The molecule has 0 aromatic heterocycles. The molecule has 2 rings (SSSR count). The lowest BCUT2D eigenvalue weighted by molar-refractivity contribution is 0.0634. The molecule has 2 fully saturated rings. The summed E-state index contributed by atoms with van der Waals surface area (Å²) in [6.07, 6.45) is 9.34. The van der Waals surface area contributed by atoms with Gasteiger partial charge in [-0.25, -0.2) is 0 Å². The van der Waals surface area contributed by atoms with Crippen molar-refractivity contribution in [3.63, 3.8) is 0 Å². The zero-order valence-corrected chi connectivity index (χ0v) is 14.6. The van der Waals surface area contributed by atoms with Gasteiger partial charge in [0.15, 0.2) is 0 Å². The van der Waals surface area contributed by atoms with Gasteiger partial charge in [-0.3, -0.25) is 0 Å². The summed E-state index contributed by atoms with van der Waals surface area (Å²) in [6, 6.07) is 1.15. The van der Waals surface area contributed by atoms with E-state index in [1.807, 2.05) is 0 Å². The van der Waals surface area contributed by atoms with Crippen LogP contribution in [0.15, 0.2) is 0 Å². The molecule has 1 unspecified atom stereocenters. The summed E-state index contributed by atoms with van der Waals surface area (Å²) in [5, 5.41) is 13.8. The van der Waals surface area contributed by atoms with Crippen molar-refractivity contribution in [3.8, 4) is 0 Å². The van der Waals surface area contributed by atoms with Gasteiger partial charge in [0, 0.05) is 18.6 Å². The highest BCUT2D eigenvalue weighted by molar-refractivity contribution is 5.04. The summed E-state index contributed by atoms with van der Waals surface area (Å²) < 4.78 is 0. The first-order valence-corrected chi connectivity index (χ1v) is 9.09. The second-order valence-corrected chi connectivity index (χ2v) is 7.89. The molecule has 0 aliphatic heterocycles. The average Bonchev–Trinajstić information content (AvgIpc) is 3.31. The van der Waals surface area contributed by atoms with Crippen molar-refractivity contribution in [3.05, 3.63) is 0 Å². The largest absolute Gasteiger partial charge is 0.394 e. The highest BCUT2D eigenvalue weighted by Crippen LogP contribution is 2.41. The van der Waals surface area contributed by atoms with Crippen LogP contribution in [0.2, 0.25) is 0 Å². The van der Waals surface area contributed by atoms with Crippen LogP contribution < -0.4 is 5.32 Å². The van der Waals surface area contributed by atoms with Crippen LogP contribution in [0.5, 0.6) is 0 Å². The van der Waals surface area contributed by atoms with Crippen molar-refractivity contribution in [2.45, 2.75) is 83.3 Å². The van der Waals surface area contributed by atoms with Crippen molar-refractivity contribution in [2.24, 2.45) is 11.8 Å². The van der Waals surface area contributed by atoms with Crippen molar-refractivity contribution in [1.29, 1.82) is 0 Å². The molecule has 0 amide bonds. The lowest BCUT2D eigenvalue weighted by Gasteiger charge is -2.43. The molecule has 2 saturated carbocycles. The monoisotopic (exact) mass is 296 g/mol. The molecule has 2 aliphatic carbocycles. The van der Waals surface area contributed by atoms with E-state index in [1.165, 1.54) is 44.9 Å². The maximum absolute atomic E-state index is 10.1. The van der Waals surface area contributed by atoms with Gasteiger partial charge in [-0.05, 0) is 57.4 Å².